The number of rotatable bonds is 7. The van der Waals surface area contributed by atoms with Crippen LogP contribution in [0.4, 0.5) is 8.78 Å². The van der Waals surface area contributed by atoms with Crippen LogP contribution in [0.1, 0.15) is 24.5 Å². The molecule has 0 aliphatic carbocycles. The van der Waals surface area contributed by atoms with Crippen LogP contribution in [0, 0.1) is 0 Å². The number of fused-ring (bicyclic) bond motifs is 2. The van der Waals surface area contributed by atoms with Crippen molar-refractivity contribution in [3.05, 3.63) is 41.5 Å². The van der Waals surface area contributed by atoms with Gasteiger partial charge in [0, 0.05) is 36.7 Å². The van der Waals surface area contributed by atoms with Crippen LogP contribution >= 0.6 is 0 Å². The van der Waals surface area contributed by atoms with Crippen molar-refractivity contribution in [2.75, 3.05) is 26.6 Å². The van der Waals surface area contributed by atoms with Gasteiger partial charge in [0.15, 0.2) is 29.0 Å². The Morgan fingerprint density at radius 2 is 1.84 bits per heavy atom. The summed E-state index contributed by atoms with van der Waals surface area (Å²) in [5.74, 6) is 2.79. The van der Waals surface area contributed by atoms with E-state index in [1.807, 2.05) is 25.1 Å². The molecule has 0 unspecified atom stereocenters. The molecule has 2 heterocycles. The summed E-state index contributed by atoms with van der Waals surface area (Å²) in [5, 5.41) is 6.40. The molecule has 2 aliphatic heterocycles. The zero-order valence-corrected chi connectivity index (χ0v) is 17.7. The summed E-state index contributed by atoms with van der Waals surface area (Å²) in [7, 11) is 0. The van der Waals surface area contributed by atoms with Gasteiger partial charge in [-0.1, -0.05) is 12.1 Å². The van der Waals surface area contributed by atoms with Gasteiger partial charge in [-0.05, 0) is 19.1 Å². The lowest BCUT2D eigenvalue weighted by molar-refractivity contribution is -0.0505. The maximum absolute atomic E-state index is 12.9. The number of halogens is 2. The molecule has 2 aliphatic rings. The Hall–Kier alpha value is -3.43. The molecule has 2 N–H and O–H groups in total. The molecule has 32 heavy (non-hydrogen) atoms. The molecule has 172 valence electrons. The SMILES string of the molecule is CCNC(=NCc1cc2c(cc1OC(F)F)OCO2)NCc1cccc2c1OCCCO2. The Balaban J connectivity index is 1.50. The number of ether oxygens (including phenoxy) is 5. The number of nitrogens with one attached hydrogen (secondary N) is 2. The van der Waals surface area contributed by atoms with Crippen molar-refractivity contribution in [3.8, 4) is 28.7 Å². The van der Waals surface area contributed by atoms with Crippen molar-refractivity contribution in [2.45, 2.75) is 33.0 Å². The van der Waals surface area contributed by atoms with Gasteiger partial charge in [-0.15, -0.1) is 0 Å². The summed E-state index contributed by atoms with van der Waals surface area (Å²) in [6.45, 7) is 1.39. The molecule has 2 aromatic carbocycles. The van der Waals surface area contributed by atoms with Crippen LogP contribution in [0.3, 0.4) is 0 Å². The second kappa shape index (κ2) is 10.3. The number of alkyl halides is 2. The summed E-state index contributed by atoms with van der Waals surface area (Å²) in [6.07, 6.45) is 0.824. The van der Waals surface area contributed by atoms with Crippen molar-refractivity contribution in [1.82, 2.24) is 10.6 Å². The third kappa shape index (κ3) is 5.24. The van der Waals surface area contributed by atoms with Gasteiger partial charge < -0.3 is 34.3 Å². The molecule has 8 nitrogen and oxygen atoms in total. The van der Waals surface area contributed by atoms with Crippen LogP contribution in [-0.2, 0) is 13.1 Å². The Bertz CT molecular complexity index is 971. The molecule has 10 heteroatoms. The Kier molecular flexibility index (Phi) is 6.98. The smallest absolute Gasteiger partial charge is 0.387 e. The molecule has 0 spiro atoms. The maximum atomic E-state index is 12.9. The Morgan fingerprint density at radius 1 is 1.03 bits per heavy atom. The monoisotopic (exact) mass is 449 g/mol. The van der Waals surface area contributed by atoms with E-state index in [0.717, 1.165) is 23.5 Å². The van der Waals surface area contributed by atoms with Crippen LogP contribution in [0.25, 0.3) is 0 Å². The second-order valence-corrected chi connectivity index (χ2v) is 7.04. The number of benzene rings is 2. The number of hydrogen-bond donors (Lipinski definition) is 2. The van der Waals surface area contributed by atoms with E-state index >= 15 is 0 Å². The Labute approximate surface area is 184 Å². The van der Waals surface area contributed by atoms with E-state index in [1.165, 1.54) is 6.07 Å². The topological polar surface area (TPSA) is 82.6 Å². The van der Waals surface area contributed by atoms with Gasteiger partial charge in [0.2, 0.25) is 6.79 Å². The predicted octanol–water partition coefficient (Wildman–Crippen LogP) is 3.43. The standard InChI is InChI=1S/C22H25F2N3O5/c1-2-25-22(26-11-14-5-3-6-16-20(14)29-8-4-7-28-16)27-12-15-9-18-19(31-13-30-18)10-17(15)32-21(23)24/h3,5-6,9-10,21H,2,4,7-8,11-13H2,1H3,(H2,25,26,27). The van der Waals surface area contributed by atoms with Crippen molar-refractivity contribution < 1.29 is 32.5 Å². The fourth-order valence-electron chi connectivity index (χ4n) is 3.37. The number of para-hydroxylation sites is 1. The third-order valence-electron chi connectivity index (χ3n) is 4.82. The highest BCUT2D eigenvalue weighted by molar-refractivity contribution is 5.80. The van der Waals surface area contributed by atoms with E-state index in [4.69, 9.17) is 18.9 Å². The molecule has 0 radical (unpaired) electrons. The average molecular weight is 449 g/mol. The maximum Gasteiger partial charge on any atom is 0.387 e. The minimum absolute atomic E-state index is 0.00257. The molecule has 0 bridgehead atoms. The summed E-state index contributed by atoms with van der Waals surface area (Å²) in [5.41, 5.74) is 1.39. The first-order valence-electron chi connectivity index (χ1n) is 10.4. The van der Waals surface area contributed by atoms with E-state index in [2.05, 4.69) is 20.4 Å². The highest BCUT2D eigenvalue weighted by atomic mass is 19.3. The quantitative estimate of drug-likeness (QED) is 0.495. The number of hydrogen-bond acceptors (Lipinski definition) is 6. The first-order chi connectivity index (χ1) is 15.6. The third-order valence-corrected chi connectivity index (χ3v) is 4.82. The van der Waals surface area contributed by atoms with Crippen LogP contribution in [0.5, 0.6) is 28.7 Å². The van der Waals surface area contributed by atoms with Crippen LogP contribution < -0.4 is 34.3 Å². The van der Waals surface area contributed by atoms with Gasteiger partial charge in [0.25, 0.3) is 0 Å². The van der Waals surface area contributed by atoms with Gasteiger partial charge in [-0.25, -0.2) is 4.99 Å². The van der Waals surface area contributed by atoms with Crippen molar-refractivity contribution in [3.63, 3.8) is 0 Å². The van der Waals surface area contributed by atoms with Crippen molar-refractivity contribution in [2.24, 2.45) is 4.99 Å². The lowest BCUT2D eigenvalue weighted by Gasteiger charge is -2.16. The highest BCUT2D eigenvalue weighted by Gasteiger charge is 2.20. The molecule has 0 atom stereocenters. The van der Waals surface area contributed by atoms with Crippen molar-refractivity contribution in [1.29, 1.82) is 0 Å². The lowest BCUT2D eigenvalue weighted by atomic mass is 10.1. The van der Waals surface area contributed by atoms with Gasteiger partial charge in [0.1, 0.15) is 5.75 Å². The zero-order chi connectivity index (χ0) is 22.3. The Morgan fingerprint density at radius 3 is 2.66 bits per heavy atom. The highest BCUT2D eigenvalue weighted by Crippen LogP contribution is 2.39. The summed E-state index contributed by atoms with van der Waals surface area (Å²) >= 11 is 0. The van der Waals surface area contributed by atoms with Gasteiger partial charge >= 0.3 is 6.61 Å². The van der Waals surface area contributed by atoms with Crippen LogP contribution in [0.15, 0.2) is 35.3 Å². The number of aliphatic imine (C=N–C) groups is 1. The molecule has 0 saturated carbocycles. The molecule has 0 amide bonds. The molecular weight excluding hydrogens is 424 g/mol. The molecule has 0 fully saturated rings. The first-order valence-corrected chi connectivity index (χ1v) is 10.4. The summed E-state index contributed by atoms with van der Waals surface area (Å²) in [6, 6.07) is 8.75. The summed E-state index contributed by atoms with van der Waals surface area (Å²) in [4.78, 5) is 4.52. The van der Waals surface area contributed by atoms with Gasteiger partial charge in [0.05, 0.1) is 19.8 Å². The van der Waals surface area contributed by atoms with Crippen LogP contribution in [0.2, 0.25) is 0 Å². The lowest BCUT2D eigenvalue weighted by Crippen LogP contribution is -2.36. The van der Waals surface area contributed by atoms with E-state index in [1.54, 1.807) is 6.07 Å². The second-order valence-electron chi connectivity index (χ2n) is 7.04. The molecule has 0 aromatic heterocycles. The molecule has 0 saturated heterocycles. The first kappa shape index (κ1) is 21.8. The summed E-state index contributed by atoms with van der Waals surface area (Å²) < 4.78 is 52.6. The van der Waals surface area contributed by atoms with E-state index in [0.29, 0.717) is 49.3 Å². The predicted molar refractivity (Wildman–Crippen MR) is 113 cm³/mol. The normalized spacial score (nSPS) is 14.8. The fraction of sp³-hybridized carbons (Fsp3) is 0.409. The number of guanidine groups is 1. The van der Waals surface area contributed by atoms with Gasteiger partial charge in [-0.2, -0.15) is 8.78 Å². The largest absolute Gasteiger partial charge is 0.490 e. The fourth-order valence-corrected chi connectivity index (χ4v) is 3.37. The molecule has 2 aromatic rings. The molecule has 4 rings (SSSR count). The van der Waals surface area contributed by atoms with Crippen LogP contribution in [-0.4, -0.2) is 39.1 Å². The molecular formula is C22H25F2N3O5. The van der Waals surface area contributed by atoms with Crippen molar-refractivity contribution >= 4 is 5.96 Å². The van der Waals surface area contributed by atoms with Gasteiger partial charge in [-0.3, -0.25) is 0 Å². The minimum Gasteiger partial charge on any atom is -0.490 e. The van der Waals surface area contributed by atoms with E-state index in [-0.39, 0.29) is 19.1 Å². The van der Waals surface area contributed by atoms with E-state index < -0.39 is 6.61 Å². The zero-order valence-electron chi connectivity index (χ0n) is 17.7. The minimum atomic E-state index is -2.96. The number of nitrogens with zero attached hydrogens (tertiary/aromatic N) is 1. The average Bonchev–Trinajstić information content (AvgIpc) is 3.08. The van der Waals surface area contributed by atoms with E-state index in [9.17, 15) is 8.78 Å².